The van der Waals surface area contributed by atoms with Crippen LogP contribution in [0.5, 0.6) is 0 Å². The summed E-state index contributed by atoms with van der Waals surface area (Å²) in [6.07, 6.45) is 5.77. The highest BCUT2D eigenvalue weighted by Crippen LogP contribution is 2.45. The molecule has 2 unspecified atom stereocenters. The summed E-state index contributed by atoms with van der Waals surface area (Å²) in [5.41, 5.74) is 0.533. The fourth-order valence-corrected chi connectivity index (χ4v) is 3.08. The van der Waals surface area contributed by atoms with Gasteiger partial charge in [0.05, 0.1) is 0 Å². The lowest BCUT2D eigenvalue weighted by atomic mass is 9.70. The minimum Gasteiger partial charge on any atom is -0.311 e. The van der Waals surface area contributed by atoms with E-state index in [0.717, 1.165) is 12.0 Å². The first kappa shape index (κ1) is 8.55. The summed E-state index contributed by atoms with van der Waals surface area (Å²) in [4.78, 5) is 0. The van der Waals surface area contributed by atoms with Crippen molar-refractivity contribution < 1.29 is 0 Å². The van der Waals surface area contributed by atoms with Crippen molar-refractivity contribution in [2.75, 3.05) is 0 Å². The highest BCUT2D eigenvalue weighted by molar-refractivity contribution is 5.02. The molecule has 0 amide bonds. The standard InChI is InChI=1S/C11H21N/c1-8-11(2,3)9-6-4-5-7-10(9)12-8/h8-10,12H,4-7H2,1-3H3/t8?,9-,10?/m1/s1. The molecule has 1 saturated carbocycles. The van der Waals surface area contributed by atoms with Gasteiger partial charge < -0.3 is 5.32 Å². The van der Waals surface area contributed by atoms with Crippen LogP contribution >= 0.6 is 0 Å². The Hall–Kier alpha value is -0.0400. The monoisotopic (exact) mass is 167 g/mol. The van der Waals surface area contributed by atoms with E-state index in [4.69, 9.17) is 0 Å². The highest BCUT2D eigenvalue weighted by Gasteiger charge is 2.46. The molecule has 1 aliphatic carbocycles. The van der Waals surface area contributed by atoms with Crippen LogP contribution in [0.3, 0.4) is 0 Å². The van der Waals surface area contributed by atoms with Gasteiger partial charge in [-0.1, -0.05) is 26.7 Å². The Morgan fingerprint density at radius 3 is 2.50 bits per heavy atom. The molecular formula is C11H21N. The van der Waals surface area contributed by atoms with Crippen molar-refractivity contribution in [3.63, 3.8) is 0 Å². The van der Waals surface area contributed by atoms with E-state index in [0.29, 0.717) is 11.5 Å². The number of rotatable bonds is 0. The maximum absolute atomic E-state index is 3.75. The fraction of sp³-hybridized carbons (Fsp3) is 1.00. The molecule has 70 valence electrons. The van der Waals surface area contributed by atoms with E-state index in [9.17, 15) is 0 Å². The zero-order valence-electron chi connectivity index (χ0n) is 8.56. The van der Waals surface area contributed by atoms with Crippen molar-refractivity contribution in [3.8, 4) is 0 Å². The molecule has 0 aromatic heterocycles. The van der Waals surface area contributed by atoms with Gasteiger partial charge in [0.2, 0.25) is 0 Å². The van der Waals surface area contributed by atoms with Crippen LogP contribution in [-0.4, -0.2) is 12.1 Å². The molecule has 0 spiro atoms. The van der Waals surface area contributed by atoms with Gasteiger partial charge in [0.25, 0.3) is 0 Å². The number of hydrogen-bond donors (Lipinski definition) is 1. The van der Waals surface area contributed by atoms with Crippen LogP contribution in [0, 0.1) is 11.3 Å². The molecule has 2 rings (SSSR count). The van der Waals surface area contributed by atoms with Crippen molar-refractivity contribution in [2.45, 2.75) is 58.5 Å². The molecule has 0 aromatic rings. The van der Waals surface area contributed by atoms with Gasteiger partial charge in [0.1, 0.15) is 0 Å². The minimum atomic E-state index is 0.533. The first-order valence-corrected chi connectivity index (χ1v) is 5.38. The fourth-order valence-electron chi connectivity index (χ4n) is 3.08. The van der Waals surface area contributed by atoms with Gasteiger partial charge in [-0.2, -0.15) is 0 Å². The summed E-state index contributed by atoms with van der Waals surface area (Å²) in [6.45, 7) is 7.21. The van der Waals surface area contributed by atoms with E-state index in [1.807, 2.05) is 0 Å². The number of fused-ring (bicyclic) bond motifs is 1. The summed E-state index contributed by atoms with van der Waals surface area (Å²) in [5, 5.41) is 3.75. The summed E-state index contributed by atoms with van der Waals surface area (Å²) in [6, 6.07) is 1.55. The van der Waals surface area contributed by atoms with Crippen LogP contribution in [0.25, 0.3) is 0 Å². The van der Waals surface area contributed by atoms with Crippen LogP contribution in [0.2, 0.25) is 0 Å². The third kappa shape index (κ3) is 1.10. The van der Waals surface area contributed by atoms with Crippen LogP contribution in [-0.2, 0) is 0 Å². The van der Waals surface area contributed by atoms with Gasteiger partial charge in [-0.15, -0.1) is 0 Å². The van der Waals surface area contributed by atoms with E-state index in [1.165, 1.54) is 25.7 Å². The van der Waals surface area contributed by atoms with Gasteiger partial charge in [0.15, 0.2) is 0 Å². The van der Waals surface area contributed by atoms with Gasteiger partial charge in [-0.25, -0.2) is 0 Å². The van der Waals surface area contributed by atoms with Crippen molar-refractivity contribution in [3.05, 3.63) is 0 Å². The normalized spacial score (nSPS) is 45.8. The average molecular weight is 167 g/mol. The second-order valence-electron chi connectivity index (χ2n) is 5.21. The lowest BCUT2D eigenvalue weighted by Gasteiger charge is -2.34. The molecule has 0 radical (unpaired) electrons. The van der Waals surface area contributed by atoms with E-state index < -0.39 is 0 Å². The third-order valence-electron chi connectivity index (χ3n) is 4.30. The zero-order chi connectivity index (χ0) is 8.77. The van der Waals surface area contributed by atoms with E-state index >= 15 is 0 Å². The van der Waals surface area contributed by atoms with Gasteiger partial charge in [-0.3, -0.25) is 0 Å². The smallest absolute Gasteiger partial charge is 0.0104 e. The van der Waals surface area contributed by atoms with Crippen LogP contribution in [0.4, 0.5) is 0 Å². The molecule has 1 N–H and O–H groups in total. The van der Waals surface area contributed by atoms with Crippen molar-refractivity contribution in [1.29, 1.82) is 0 Å². The van der Waals surface area contributed by atoms with Crippen molar-refractivity contribution >= 4 is 0 Å². The van der Waals surface area contributed by atoms with Crippen LogP contribution in [0.1, 0.15) is 46.5 Å². The molecule has 0 bridgehead atoms. The Morgan fingerprint density at radius 2 is 1.83 bits per heavy atom. The number of nitrogens with one attached hydrogen (secondary N) is 1. The lowest BCUT2D eigenvalue weighted by Crippen LogP contribution is -2.31. The average Bonchev–Trinajstić information content (AvgIpc) is 2.25. The quantitative estimate of drug-likeness (QED) is 0.584. The Labute approximate surface area is 75.9 Å². The predicted molar refractivity (Wildman–Crippen MR) is 52.1 cm³/mol. The van der Waals surface area contributed by atoms with E-state index in [2.05, 4.69) is 26.1 Å². The SMILES string of the molecule is CC1NC2CCCC[C@H]2C1(C)C. The van der Waals surface area contributed by atoms with Crippen LogP contribution < -0.4 is 5.32 Å². The summed E-state index contributed by atoms with van der Waals surface area (Å²) in [5.74, 6) is 0.946. The third-order valence-corrected chi connectivity index (χ3v) is 4.30. The summed E-state index contributed by atoms with van der Waals surface area (Å²) < 4.78 is 0. The lowest BCUT2D eigenvalue weighted by molar-refractivity contribution is 0.186. The molecule has 1 aliphatic heterocycles. The maximum atomic E-state index is 3.75. The molecule has 1 nitrogen and oxygen atoms in total. The summed E-state index contributed by atoms with van der Waals surface area (Å²) >= 11 is 0. The maximum Gasteiger partial charge on any atom is 0.0104 e. The van der Waals surface area contributed by atoms with Gasteiger partial charge in [0, 0.05) is 12.1 Å². The molecule has 1 heterocycles. The van der Waals surface area contributed by atoms with Gasteiger partial charge >= 0.3 is 0 Å². The van der Waals surface area contributed by atoms with Crippen molar-refractivity contribution in [2.24, 2.45) is 11.3 Å². The van der Waals surface area contributed by atoms with Crippen molar-refractivity contribution in [1.82, 2.24) is 5.32 Å². The molecule has 2 fully saturated rings. The van der Waals surface area contributed by atoms with E-state index in [1.54, 1.807) is 0 Å². The molecule has 1 saturated heterocycles. The first-order valence-electron chi connectivity index (χ1n) is 5.38. The Kier molecular flexibility index (Phi) is 1.95. The number of hydrogen-bond acceptors (Lipinski definition) is 1. The molecule has 3 atom stereocenters. The molecule has 0 aromatic carbocycles. The predicted octanol–water partition coefficient (Wildman–Crippen LogP) is 2.56. The zero-order valence-corrected chi connectivity index (χ0v) is 8.56. The molecule has 1 heteroatoms. The van der Waals surface area contributed by atoms with Crippen LogP contribution in [0.15, 0.2) is 0 Å². The van der Waals surface area contributed by atoms with E-state index in [-0.39, 0.29) is 0 Å². The first-order chi connectivity index (χ1) is 5.62. The second kappa shape index (κ2) is 2.73. The minimum absolute atomic E-state index is 0.533. The molecular weight excluding hydrogens is 146 g/mol. The Balaban J connectivity index is 2.16. The largest absolute Gasteiger partial charge is 0.311 e. The highest BCUT2D eigenvalue weighted by atomic mass is 15.0. The summed E-state index contributed by atoms with van der Waals surface area (Å²) in [7, 11) is 0. The topological polar surface area (TPSA) is 12.0 Å². The Bertz CT molecular complexity index is 174. The second-order valence-corrected chi connectivity index (χ2v) is 5.21. The molecule has 2 aliphatic rings. The Morgan fingerprint density at radius 1 is 1.17 bits per heavy atom. The van der Waals surface area contributed by atoms with Gasteiger partial charge in [-0.05, 0) is 31.1 Å². The molecule has 12 heavy (non-hydrogen) atoms.